The van der Waals surface area contributed by atoms with Gasteiger partial charge in [-0.05, 0) is 30.9 Å². The zero-order chi connectivity index (χ0) is 16.0. The number of benzene rings is 1. The number of halogens is 1. The van der Waals surface area contributed by atoms with Gasteiger partial charge in [-0.1, -0.05) is 48.0 Å². The van der Waals surface area contributed by atoms with E-state index in [-0.39, 0.29) is 25.4 Å². The largest absolute Gasteiger partial charge is 0.480 e. The molecular weight excluding hydrogens is 336 g/mol. The van der Waals surface area contributed by atoms with E-state index in [9.17, 15) is 14.7 Å². The van der Waals surface area contributed by atoms with Crippen LogP contribution >= 0.6 is 15.9 Å². The first kappa shape index (κ1) is 17.7. The smallest absolute Gasteiger partial charge is 0.323 e. The third kappa shape index (κ3) is 4.30. The Bertz CT molecular complexity index is 513. The van der Waals surface area contributed by atoms with Gasteiger partial charge in [0.1, 0.15) is 0 Å². The summed E-state index contributed by atoms with van der Waals surface area (Å²) in [6.45, 7) is 5.65. The Hall–Kier alpha value is -1.36. The van der Waals surface area contributed by atoms with E-state index in [4.69, 9.17) is 4.74 Å². The van der Waals surface area contributed by atoms with E-state index >= 15 is 0 Å². The van der Waals surface area contributed by atoms with Crippen molar-refractivity contribution in [3.8, 4) is 0 Å². The van der Waals surface area contributed by atoms with Crippen LogP contribution in [0.25, 0.3) is 0 Å². The molecule has 0 bridgehead atoms. The number of carbonyl (C=O) groups is 2. The first-order valence-corrected chi connectivity index (χ1v) is 7.76. The molecule has 116 valence electrons. The number of hydrogen-bond donors (Lipinski definition) is 1. The van der Waals surface area contributed by atoms with Gasteiger partial charge in [-0.2, -0.15) is 0 Å². The van der Waals surface area contributed by atoms with Crippen LogP contribution in [0.4, 0.5) is 0 Å². The lowest BCUT2D eigenvalue weighted by Gasteiger charge is -2.29. The van der Waals surface area contributed by atoms with E-state index in [2.05, 4.69) is 15.9 Å². The molecule has 21 heavy (non-hydrogen) atoms. The van der Waals surface area contributed by atoms with Gasteiger partial charge >= 0.3 is 11.9 Å². The van der Waals surface area contributed by atoms with Crippen molar-refractivity contribution in [2.75, 3.05) is 6.61 Å². The molecule has 0 aliphatic heterocycles. The molecule has 1 rings (SSSR count). The molecule has 5 heteroatoms. The van der Waals surface area contributed by atoms with Crippen molar-refractivity contribution in [1.29, 1.82) is 0 Å². The number of hydrogen-bond acceptors (Lipinski definition) is 3. The standard InChI is InChI=1S/C16H21BrO4/c1-4-21-15(20)16(14(18)19,9-11(2)3)10-12-7-5-6-8-13(12)17/h5-8,11H,4,9-10H2,1-3H3,(H,18,19). The van der Waals surface area contributed by atoms with Crippen LogP contribution in [0.5, 0.6) is 0 Å². The lowest BCUT2D eigenvalue weighted by atomic mass is 9.75. The quantitative estimate of drug-likeness (QED) is 0.597. The molecule has 1 aromatic carbocycles. The first-order chi connectivity index (χ1) is 9.83. The maximum atomic E-state index is 12.3. The van der Waals surface area contributed by atoms with Gasteiger partial charge in [-0.3, -0.25) is 9.59 Å². The predicted molar refractivity (Wildman–Crippen MR) is 84.0 cm³/mol. The minimum absolute atomic E-state index is 0.0630. The molecule has 0 saturated heterocycles. The topological polar surface area (TPSA) is 63.6 Å². The molecule has 0 fully saturated rings. The average Bonchev–Trinajstić information content (AvgIpc) is 2.39. The zero-order valence-electron chi connectivity index (χ0n) is 12.6. The molecule has 0 radical (unpaired) electrons. The highest BCUT2D eigenvalue weighted by atomic mass is 79.9. The summed E-state index contributed by atoms with van der Waals surface area (Å²) in [6, 6.07) is 7.33. The van der Waals surface area contributed by atoms with Gasteiger partial charge in [0, 0.05) is 10.9 Å². The van der Waals surface area contributed by atoms with Crippen molar-refractivity contribution in [2.24, 2.45) is 11.3 Å². The van der Waals surface area contributed by atoms with Gasteiger partial charge in [0.05, 0.1) is 6.61 Å². The lowest BCUT2D eigenvalue weighted by molar-refractivity contribution is -0.170. The van der Waals surface area contributed by atoms with Crippen molar-refractivity contribution >= 4 is 27.9 Å². The Morgan fingerprint density at radius 3 is 2.43 bits per heavy atom. The molecule has 0 saturated carbocycles. The summed E-state index contributed by atoms with van der Waals surface area (Å²) in [7, 11) is 0. The highest BCUT2D eigenvalue weighted by Crippen LogP contribution is 2.35. The molecule has 4 nitrogen and oxygen atoms in total. The Morgan fingerprint density at radius 2 is 1.95 bits per heavy atom. The molecule has 0 aliphatic carbocycles. The van der Waals surface area contributed by atoms with Crippen molar-refractivity contribution < 1.29 is 19.4 Å². The molecule has 1 atom stereocenters. The van der Waals surface area contributed by atoms with Gasteiger partial charge in [0.25, 0.3) is 0 Å². The molecule has 0 spiro atoms. The minimum atomic E-state index is -1.55. The summed E-state index contributed by atoms with van der Waals surface area (Å²) < 4.78 is 5.84. The molecule has 1 unspecified atom stereocenters. The van der Waals surface area contributed by atoms with Gasteiger partial charge in [-0.25, -0.2) is 0 Å². The van der Waals surface area contributed by atoms with Crippen molar-refractivity contribution in [3.63, 3.8) is 0 Å². The number of ether oxygens (including phenoxy) is 1. The fourth-order valence-electron chi connectivity index (χ4n) is 2.41. The molecule has 1 aromatic rings. The third-order valence-corrected chi connectivity index (χ3v) is 4.06. The highest BCUT2D eigenvalue weighted by molar-refractivity contribution is 9.10. The first-order valence-electron chi connectivity index (χ1n) is 6.97. The van der Waals surface area contributed by atoms with E-state index in [1.807, 2.05) is 38.1 Å². The van der Waals surface area contributed by atoms with Crippen LogP contribution < -0.4 is 0 Å². The maximum absolute atomic E-state index is 12.3. The maximum Gasteiger partial charge on any atom is 0.323 e. The van der Waals surface area contributed by atoms with Gasteiger partial charge < -0.3 is 9.84 Å². The number of esters is 1. The summed E-state index contributed by atoms with van der Waals surface area (Å²) in [5, 5.41) is 9.71. The molecule has 0 amide bonds. The van der Waals surface area contributed by atoms with Crippen LogP contribution in [0, 0.1) is 11.3 Å². The normalized spacial score (nSPS) is 13.8. The Kier molecular flexibility index (Phi) is 6.40. The van der Waals surface area contributed by atoms with E-state index < -0.39 is 17.4 Å². The predicted octanol–water partition coefficient (Wildman–Crippen LogP) is 3.67. The fraction of sp³-hybridized carbons (Fsp3) is 0.500. The van der Waals surface area contributed by atoms with Crippen LogP contribution in [0.15, 0.2) is 28.7 Å². The van der Waals surface area contributed by atoms with Gasteiger partial charge in [0.15, 0.2) is 5.41 Å². The highest BCUT2D eigenvalue weighted by Gasteiger charge is 2.48. The lowest BCUT2D eigenvalue weighted by Crippen LogP contribution is -2.44. The summed E-state index contributed by atoms with van der Waals surface area (Å²) in [6.07, 6.45) is 0.350. The fourth-order valence-corrected chi connectivity index (χ4v) is 2.84. The number of rotatable bonds is 7. The van der Waals surface area contributed by atoms with Crippen LogP contribution in [-0.2, 0) is 20.7 Å². The van der Waals surface area contributed by atoms with Gasteiger partial charge in [0.2, 0.25) is 0 Å². The molecule has 1 N–H and O–H groups in total. The van der Waals surface area contributed by atoms with Crippen LogP contribution in [0.3, 0.4) is 0 Å². The van der Waals surface area contributed by atoms with Crippen LogP contribution in [-0.4, -0.2) is 23.7 Å². The second-order valence-electron chi connectivity index (χ2n) is 5.47. The third-order valence-electron chi connectivity index (χ3n) is 3.28. The summed E-state index contributed by atoms with van der Waals surface area (Å²) in [5.41, 5.74) is -0.762. The summed E-state index contributed by atoms with van der Waals surface area (Å²) >= 11 is 3.41. The molecule has 0 aliphatic rings. The monoisotopic (exact) mass is 356 g/mol. The minimum Gasteiger partial charge on any atom is -0.480 e. The number of carboxylic acids is 1. The van der Waals surface area contributed by atoms with Crippen molar-refractivity contribution in [3.05, 3.63) is 34.3 Å². The average molecular weight is 357 g/mol. The zero-order valence-corrected chi connectivity index (χ0v) is 14.1. The number of carbonyl (C=O) groups excluding carboxylic acids is 1. The molecular formula is C16H21BrO4. The van der Waals surface area contributed by atoms with Crippen LogP contribution in [0.1, 0.15) is 32.8 Å². The molecule has 0 aromatic heterocycles. The Balaban J connectivity index is 3.25. The SMILES string of the molecule is CCOC(=O)C(Cc1ccccc1Br)(CC(C)C)C(=O)O. The van der Waals surface area contributed by atoms with E-state index in [1.54, 1.807) is 6.92 Å². The van der Waals surface area contributed by atoms with Gasteiger partial charge in [-0.15, -0.1) is 0 Å². The second kappa shape index (κ2) is 7.59. The second-order valence-corrected chi connectivity index (χ2v) is 6.33. The van der Waals surface area contributed by atoms with Crippen LogP contribution in [0.2, 0.25) is 0 Å². The van der Waals surface area contributed by atoms with E-state index in [1.165, 1.54) is 0 Å². The van der Waals surface area contributed by atoms with E-state index in [0.717, 1.165) is 10.0 Å². The molecule has 0 heterocycles. The van der Waals surface area contributed by atoms with Crippen molar-refractivity contribution in [2.45, 2.75) is 33.6 Å². The number of aliphatic carboxylic acids is 1. The Morgan fingerprint density at radius 1 is 1.33 bits per heavy atom. The van der Waals surface area contributed by atoms with E-state index in [0.29, 0.717) is 0 Å². The number of carboxylic acid groups (broad SMARTS) is 1. The summed E-state index contributed by atoms with van der Waals surface area (Å²) in [5.74, 6) is -1.74. The van der Waals surface area contributed by atoms with Crippen molar-refractivity contribution in [1.82, 2.24) is 0 Å². The Labute approximate surface area is 133 Å². The summed E-state index contributed by atoms with van der Waals surface area (Å²) in [4.78, 5) is 24.2.